The van der Waals surface area contributed by atoms with Crippen molar-refractivity contribution in [1.82, 2.24) is 15.0 Å². The highest BCUT2D eigenvalue weighted by molar-refractivity contribution is 6.31. The highest BCUT2D eigenvalue weighted by Gasteiger charge is 2.25. The number of aryl methyl sites for hydroxylation is 1. The van der Waals surface area contributed by atoms with E-state index in [1.807, 2.05) is 25.1 Å². The molecule has 1 atom stereocenters. The smallest absolute Gasteiger partial charge is 0.231 e. The van der Waals surface area contributed by atoms with Gasteiger partial charge in [-0.25, -0.2) is 0 Å². The highest BCUT2D eigenvalue weighted by atomic mass is 35.5. The van der Waals surface area contributed by atoms with Crippen molar-refractivity contribution in [3.63, 3.8) is 0 Å². The Kier molecular flexibility index (Phi) is 4.03. The zero-order valence-electron chi connectivity index (χ0n) is 11.6. The average Bonchev–Trinajstić information content (AvgIpc) is 2.89. The van der Waals surface area contributed by atoms with E-state index in [1.165, 1.54) is 5.56 Å². The van der Waals surface area contributed by atoms with Gasteiger partial charge in [0.15, 0.2) is 5.82 Å². The van der Waals surface area contributed by atoms with Crippen LogP contribution >= 0.6 is 11.6 Å². The van der Waals surface area contributed by atoms with Crippen LogP contribution in [0.25, 0.3) is 0 Å². The lowest BCUT2D eigenvalue weighted by Gasteiger charge is -2.31. The van der Waals surface area contributed by atoms with Crippen LogP contribution in [-0.4, -0.2) is 28.1 Å². The molecule has 106 valence electrons. The van der Waals surface area contributed by atoms with Crippen molar-refractivity contribution in [3.05, 3.63) is 46.6 Å². The largest absolute Gasteiger partial charge is 0.339 e. The maximum atomic E-state index is 6.23. The fourth-order valence-corrected chi connectivity index (χ4v) is 2.94. The highest BCUT2D eigenvalue weighted by Crippen LogP contribution is 2.27. The number of hydrogen-bond donors (Lipinski definition) is 0. The summed E-state index contributed by atoms with van der Waals surface area (Å²) in [7, 11) is 0. The van der Waals surface area contributed by atoms with E-state index in [-0.39, 0.29) is 0 Å². The van der Waals surface area contributed by atoms with E-state index in [9.17, 15) is 0 Å². The van der Waals surface area contributed by atoms with Crippen LogP contribution in [-0.2, 0) is 6.54 Å². The van der Waals surface area contributed by atoms with Gasteiger partial charge in [0.05, 0.1) is 5.92 Å². The van der Waals surface area contributed by atoms with Gasteiger partial charge < -0.3 is 4.52 Å². The second-order valence-corrected chi connectivity index (χ2v) is 5.75. The van der Waals surface area contributed by atoms with Crippen LogP contribution in [0.4, 0.5) is 0 Å². The number of nitrogens with zero attached hydrogens (tertiary/aromatic N) is 3. The topological polar surface area (TPSA) is 42.2 Å². The quantitative estimate of drug-likeness (QED) is 0.869. The molecule has 0 saturated carbocycles. The molecule has 0 bridgehead atoms. The first-order valence-electron chi connectivity index (χ1n) is 6.98. The van der Waals surface area contributed by atoms with Gasteiger partial charge in [-0.2, -0.15) is 4.98 Å². The summed E-state index contributed by atoms with van der Waals surface area (Å²) in [6.07, 6.45) is 2.26. The molecule has 1 unspecified atom stereocenters. The van der Waals surface area contributed by atoms with Crippen molar-refractivity contribution < 1.29 is 4.52 Å². The zero-order valence-corrected chi connectivity index (χ0v) is 12.3. The molecular formula is C15H18ClN3O. The molecule has 0 N–H and O–H groups in total. The lowest BCUT2D eigenvalue weighted by atomic mass is 9.97. The summed E-state index contributed by atoms with van der Waals surface area (Å²) in [6, 6.07) is 8.03. The van der Waals surface area contributed by atoms with Gasteiger partial charge in [0.25, 0.3) is 0 Å². The summed E-state index contributed by atoms with van der Waals surface area (Å²) in [4.78, 5) is 6.77. The number of benzene rings is 1. The van der Waals surface area contributed by atoms with Gasteiger partial charge in [-0.05, 0) is 37.9 Å². The Labute approximate surface area is 123 Å². The fourth-order valence-electron chi connectivity index (χ4n) is 2.75. The predicted octanol–water partition coefficient (Wildman–Crippen LogP) is 3.41. The number of piperidine rings is 1. The van der Waals surface area contributed by atoms with Crippen LogP contribution in [0.5, 0.6) is 0 Å². The molecule has 0 aliphatic carbocycles. The summed E-state index contributed by atoms with van der Waals surface area (Å²) < 4.78 is 5.31. The molecule has 4 nitrogen and oxygen atoms in total. The number of hydrogen-bond acceptors (Lipinski definition) is 4. The van der Waals surface area contributed by atoms with Crippen LogP contribution in [0.2, 0.25) is 5.02 Å². The second-order valence-electron chi connectivity index (χ2n) is 5.35. The van der Waals surface area contributed by atoms with Gasteiger partial charge >= 0.3 is 0 Å². The van der Waals surface area contributed by atoms with Gasteiger partial charge in [-0.1, -0.05) is 35.0 Å². The Balaban J connectivity index is 1.68. The van der Waals surface area contributed by atoms with E-state index >= 15 is 0 Å². The van der Waals surface area contributed by atoms with Gasteiger partial charge in [0.1, 0.15) is 0 Å². The lowest BCUT2D eigenvalue weighted by Crippen LogP contribution is -2.34. The molecule has 0 amide bonds. The van der Waals surface area contributed by atoms with E-state index in [0.717, 1.165) is 43.4 Å². The van der Waals surface area contributed by atoms with E-state index in [4.69, 9.17) is 16.1 Å². The van der Waals surface area contributed by atoms with Crippen molar-refractivity contribution >= 4 is 11.6 Å². The van der Waals surface area contributed by atoms with Gasteiger partial charge in [-0.15, -0.1) is 0 Å². The fraction of sp³-hybridized carbons (Fsp3) is 0.467. The van der Waals surface area contributed by atoms with Crippen molar-refractivity contribution in [2.45, 2.75) is 32.2 Å². The van der Waals surface area contributed by atoms with Crippen molar-refractivity contribution in [3.8, 4) is 0 Å². The van der Waals surface area contributed by atoms with Gasteiger partial charge in [0.2, 0.25) is 5.89 Å². The molecule has 3 rings (SSSR count). The summed E-state index contributed by atoms with van der Waals surface area (Å²) in [5.41, 5.74) is 1.18. The van der Waals surface area contributed by atoms with Crippen LogP contribution in [0.15, 0.2) is 28.8 Å². The summed E-state index contributed by atoms with van der Waals surface area (Å²) in [5.74, 6) is 1.82. The van der Waals surface area contributed by atoms with Crippen LogP contribution < -0.4 is 0 Å². The van der Waals surface area contributed by atoms with Crippen LogP contribution in [0.1, 0.15) is 36.0 Å². The minimum absolute atomic E-state index is 0.340. The molecule has 1 aromatic heterocycles. The Hall–Kier alpha value is -1.39. The molecule has 1 fully saturated rings. The lowest BCUT2D eigenvalue weighted by molar-refractivity contribution is 0.180. The van der Waals surface area contributed by atoms with E-state index in [1.54, 1.807) is 0 Å². The van der Waals surface area contributed by atoms with E-state index in [0.29, 0.717) is 11.7 Å². The molecule has 1 saturated heterocycles. The van der Waals surface area contributed by atoms with Gasteiger partial charge in [-0.3, -0.25) is 4.90 Å². The SMILES string of the molecule is Cc1noc(C2CCCN(Cc3ccccc3Cl)C2)n1. The third-order valence-electron chi connectivity index (χ3n) is 3.75. The number of halogens is 1. The monoisotopic (exact) mass is 291 g/mol. The molecule has 1 aliphatic heterocycles. The molecule has 5 heteroatoms. The Morgan fingerprint density at radius 1 is 1.40 bits per heavy atom. The summed E-state index contributed by atoms with van der Waals surface area (Å²) in [5, 5.41) is 4.73. The zero-order chi connectivity index (χ0) is 13.9. The Morgan fingerprint density at radius 3 is 3.00 bits per heavy atom. The molecule has 20 heavy (non-hydrogen) atoms. The number of likely N-dealkylation sites (tertiary alicyclic amines) is 1. The first kappa shape index (κ1) is 13.6. The molecule has 2 aromatic rings. The van der Waals surface area contributed by atoms with Crippen molar-refractivity contribution in [1.29, 1.82) is 0 Å². The molecule has 1 aliphatic rings. The maximum Gasteiger partial charge on any atom is 0.231 e. The number of rotatable bonds is 3. The Bertz CT molecular complexity index is 584. The summed E-state index contributed by atoms with van der Waals surface area (Å²) >= 11 is 6.23. The molecule has 2 heterocycles. The maximum absolute atomic E-state index is 6.23. The molecule has 0 spiro atoms. The van der Waals surface area contributed by atoms with Crippen LogP contribution in [0.3, 0.4) is 0 Å². The minimum Gasteiger partial charge on any atom is -0.339 e. The third-order valence-corrected chi connectivity index (χ3v) is 4.12. The van der Waals surface area contributed by atoms with E-state index in [2.05, 4.69) is 21.1 Å². The predicted molar refractivity (Wildman–Crippen MR) is 77.7 cm³/mol. The first-order valence-corrected chi connectivity index (χ1v) is 7.36. The van der Waals surface area contributed by atoms with Crippen molar-refractivity contribution in [2.24, 2.45) is 0 Å². The Morgan fingerprint density at radius 2 is 2.25 bits per heavy atom. The van der Waals surface area contributed by atoms with Crippen molar-refractivity contribution in [2.75, 3.05) is 13.1 Å². The normalized spacial score (nSPS) is 20.2. The van der Waals surface area contributed by atoms with E-state index < -0.39 is 0 Å². The minimum atomic E-state index is 0.340. The molecular weight excluding hydrogens is 274 g/mol. The first-order chi connectivity index (χ1) is 9.72. The second kappa shape index (κ2) is 5.94. The summed E-state index contributed by atoms with van der Waals surface area (Å²) in [6.45, 7) is 4.78. The van der Waals surface area contributed by atoms with Crippen LogP contribution in [0, 0.1) is 6.92 Å². The molecule has 1 aromatic carbocycles. The third kappa shape index (κ3) is 3.02. The molecule has 0 radical (unpaired) electrons. The van der Waals surface area contributed by atoms with Gasteiger partial charge in [0, 0.05) is 18.1 Å². The standard InChI is InChI=1S/C15H18ClN3O/c1-11-17-15(20-18-11)13-6-4-8-19(10-13)9-12-5-2-3-7-14(12)16/h2-3,5,7,13H,4,6,8-10H2,1H3. The average molecular weight is 292 g/mol. The number of aromatic nitrogens is 2.